The Morgan fingerprint density at radius 3 is 2.57 bits per heavy atom. The van der Waals surface area contributed by atoms with Gasteiger partial charge in [-0.3, -0.25) is 9.78 Å². The maximum atomic E-state index is 14.4. The van der Waals surface area contributed by atoms with Crippen LogP contribution in [0.15, 0.2) is 49.1 Å². The average Bonchev–Trinajstić information content (AvgIpc) is 2.74. The Morgan fingerprint density at radius 1 is 1.17 bits per heavy atom. The van der Waals surface area contributed by atoms with Crippen molar-refractivity contribution < 1.29 is 19.1 Å². The normalized spacial score (nSPS) is 15.3. The van der Waals surface area contributed by atoms with Crippen LogP contribution >= 0.6 is 0 Å². The van der Waals surface area contributed by atoms with Crippen LogP contribution in [0.4, 0.5) is 16.0 Å². The zero-order valence-electron chi connectivity index (χ0n) is 15.8. The van der Waals surface area contributed by atoms with Crippen LogP contribution in [0.1, 0.15) is 38.3 Å². The van der Waals surface area contributed by atoms with Crippen LogP contribution in [0.3, 0.4) is 0 Å². The second kappa shape index (κ2) is 7.86. The van der Waals surface area contributed by atoms with Crippen LogP contribution < -0.4 is 10.6 Å². The lowest BCUT2D eigenvalue weighted by molar-refractivity contribution is 0.0686. The topological polar surface area (TPSA) is 122 Å². The summed E-state index contributed by atoms with van der Waals surface area (Å²) in [5, 5.41) is 9.44. The van der Waals surface area contributed by atoms with Gasteiger partial charge in [-0.25, -0.2) is 19.2 Å². The fraction of sp³-hybridized carbons (Fsp3) is 0.190. The number of nitrogens with two attached hydrogens (primary N) is 1. The van der Waals surface area contributed by atoms with Gasteiger partial charge in [0.1, 0.15) is 11.4 Å². The zero-order valence-corrected chi connectivity index (χ0v) is 15.8. The summed E-state index contributed by atoms with van der Waals surface area (Å²) in [6, 6.07) is 6.33. The van der Waals surface area contributed by atoms with E-state index in [0.717, 1.165) is 5.69 Å². The van der Waals surface area contributed by atoms with Gasteiger partial charge in [-0.15, -0.1) is 0 Å². The molecule has 0 bridgehead atoms. The molecule has 0 saturated heterocycles. The first-order valence-electron chi connectivity index (χ1n) is 9.31. The fourth-order valence-corrected chi connectivity index (χ4v) is 3.96. The highest BCUT2D eigenvalue weighted by atomic mass is 19.1. The van der Waals surface area contributed by atoms with Gasteiger partial charge in [0.05, 0.1) is 17.4 Å². The predicted molar refractivity (Wildman–Crippen MR) is 106 cm³/mol. The summed E-state index contributed by atoms with van der Waals surface area (Å²) in [6.07, 6.45) is 7.90. The maximum Gasteiger partial charge on any atom is 0.339 e. The molecule has 1 atom stereocenters. The zero-order chi connectivity index (χ0) is 21.3. The number of aromatic nitrogens is 3. The Kier molecular flexibility index (Phi) is 5.09. The Bertz CT molecular complexity index is 1070. The molecule has 1 unspecified atom stereocenters. The number of hydrogen-bond donors (Lipinski definition) is 2. The van der Waals surface area contributed by atoms with Crippen molar-refractivity contribution in [3.05, 3.63) is 77.1 Å². The molecular formula is C21H18FN5O3. The second-order valence-corrected chi connectivity index (χ2v) is 6.94. The highest BCUT2D eigenvalue weighted by Gasteiger charge is 2.33. The van der Waals surface area contributed by atoms with Crippen LogP contribution in [0.2, 0.25) is 0 Å². The van der Waals surface area contributed by atoms with Gasteiger partial charge in [-0.2, -0.15) is 0 Å². The molecule has 0 spiro atoms. The summed E-state index contributed by atoms with van der Waals surface area (Å²) in [7, 11) is 0. The number of carbonyl (C=O) groups is 2. The molecule has 9 heteroatoms. The molecule has 0 fully saturated rings. The molecule has 1 amide bonds. The SMILES string of the molecule is NC(=O)c1c2c(cc(F)c1C(=O)O)CCC(N(c1cccnc1)c1ncccn1)C2. The average molecular weight is 407 g/mol. The molecule has 2 aromatic heterocycles. The number of rotatable bonds is 5. The molecule has 152 valence electrons. The molecule has 0 aliphatic heterocycles. The van der Waals surface area contributed by atoms with E-state index in [1.54, 1.807) is 36.9 Å². The first-order valence-corrected chi connectivity index (χ1v) is 9.31. The van der Waals surface area contributed by atoms with Gasteiger partial charge in [0.25, 0.3) is 0 Å². The predicted octanol–water partition coefficient (Wildman–Crippen LogP) is 2.50. The fourth-order valence-electron chi connectivity index (χ4n) is 3.96. The summed E-state index contributed by atoms with van der Waals surface area (Å²) >= 11 is 0. The van der Waals surface area contributed by atoms with Gasteiger partial charge in [-0.1, -0.05) is 0 Å². The molecule has 8 nitrogen and oxygen atoms in total. The highest BCUT2D eigenvalue weighted by molar-refractivity contribution is 6.05. The third-order valence-electron chi connectivity index (χ3n) is 5.18. The van der Waals surface area contributed by atoms with Crippen LogP contribution in [0.25, 0.3) is 0 Å². The van der Waals surface area contributed by atoms with E-state index < -0.39 is 23.3 Å². The molecular weight excluding hydrogens is 389 g/mol. The number of aryl methyl sites for hydroxylation is 1. The molecule has 2 heterocycles. The lowest BCUT2D eigenvalue weighted by atomic mass is 9.82. The van der Waals surface area contributed by atoms with Gasteiger partial charge >= 0.3 is 5.97 Å². The lowest BCUT2D eigenvalue weighted by Gasteiger charge is -2.35. The highest BCUT2D eigenvalue weighted by Crippen LogP contribution is 2.35. The number of nitrogens with zero attached hydrogens (tertiary/aromatic N) is 4. The molecule has 1 aliphatic carbocycles. The maximum absolute atomic E-state index is 14.4. The van der Waals surface area contributed by atoms with E-state index >= 15 is 0 Å². The number of pyridine rings is 1. The van der Waals surface area contributed by atoms with Crippen molar-refractivity contribution >= 4 is 23.5 Å². The van der Waals surface area contributed by atoms with Crippen molar-refractivity contribution in [2.24, 2.45) is 5.73 Å². The van der Waals surface area contributed by atoms with Crippen LogP contribution in [0, 0.1) is 5.82 Å². The van der Waals surface area contributed by atoms with E-state index in [9.17, 15) is 19.1 Å². The van der Waals surface area contributed by atoms with Gasteiger partial charge in [0.15, 0.2) is 0 Å². The van der Waals surface area contributed by atoms with E-state index in [1.165, 1.54) is 6.07 Å². The van der Waals surface area contributed by atoms with E-state index in [1.807, 2.05) is 11.0 Å². The van der Waals surface area contributed by atoms with Crippen molar-refractivity contribution in [3.8, 4) is 0 Å². The summed E-state index contributed by atoms with van der Waals surface area (Å²) in [5.41, 5.74) is 6.29. The Labute approximate surface area is 171 Å². The van der Waals surface area contributed by atoms with Gasteiger partial charge in [-0.05, 0) is 54.7 Å². The minimum atomic E-state index is -1.53. The number of carboxylic acid groups (broad SMARTS) is 1. The molecule has 4 rings (SSSR count). The van der Waals surface area contributed by atoms with E-state index in [4.69, 9.17) is 5.73 Å². The molecule has 30 heavy (non-hydrogen) atoms. The summed E-state index contributed by atoms with van der Waals surface area (Å²) in [6.45, 7) is 0. The van der Waals surface area contributed by atoms with Crippen molar-refractivity contribution in [1.82, 2.24) is 15.0 Å². The minimum absolute atomic E-state index is 0.214. The van der Waals surface area contributed by atoms with Crippen LogP contribution in [0.5, 0.6) is 0 Å². The number of anilines is 2. The minimum Gasteiger partial charge on any atom is -0.478 e. The van der Waals surface area contributed by atoms with Crippen molar-refractivity contribution in [1.29, 1.82) is 0 Å². The number of fused-ring (bicyclic) bond motifs is 1. The first-order chi connectivity index (χ1) is 14.5. The summed E-state index contributed by atoms with van der Waals surface area (Å²) < 4.78 is 14.4. The largest absolute Gasteiger partial charge is 0.478 e. The van der Waals surface area contributed by atoms with Crippen LogP contribution in [-0.2, 0) is 12.8 Å². The number of primary amides is 1. The van der Waals surface area contributed by atoms with E-state index in [-0.39, 0.29) is 18.0 Å². The Hall–Kier alpha value is -3.88. The standard InChI is InChI=1S/C21H18FN5O3/c22-16-9-12-4-5-13(10-15(12)17(19(23)28)18(16)20(29)30)27(14-3-1-6-24-11-14)21-25-7-2-8-26-21/h1-3,6-9,11,13H,4-5,10H2,(H2,23,28)(H,29,30). The van der Waals surface area contributed by atoms with Crippen molar-refractivity contribution in [2.45, 2.75) is 25.3 Å². The molecule has 0 saturated carbocycles. The monoisotopic (exact) mass is 407 g/mol. The van der Waals surface area contributed by atoms with E-state index in [0.29, 0.717) is 29.9 Å². The third-order valence-corrected chi connectivity index (χ3v) is 5.18. The quantitative estimate of drug-likeness (QED) is 0.666. The lowest BCUT2D eigenvalue weighted by Crippen LogP contribution is -2.38. The molecule has 3 aromatic rings. The number of carboxylic acids is 1. The summed E-state index contributed by atoms with van der Waals surface area (Å²) in [4.78, 5) is 38.5. The molecule has 0 radical (unpaired) electrons. The third kappa shape index (κ3) is 3.45. The van der Waals surface area contributed by atoms with Crippen LogP contribution in [-0.4, -0.2) is 38.0 Å². The number of hydrogen-bond acceptors (Lipinski definition) is 6. The van der Waals surface area contributed by atoms with Gasteiger partial charge in [0, 0.05) is 24.6 Å². The van der Waals surface area contributed by atoms with Gasteiger partial charge in [0.2, 0.25) is 11.9 Å². The summed E-state index contributed by atoms with van der Waals surface area (Å²) in [5.74, 6) is -3.00. The van der Waals surface area contributed by atoms with Crippen molar-refractivity contribution in [3.63, 3.8) is 0 Å². The number of benzene rings is 1. The van der Waals surface area contributed by atoms with Gasteiger partial charge < -0.3 is 15.7 Å². The molecule has 3 N–H and O–H groups in total. The molecule has 1 aliphatic rings. The second-order valence-electron chi connectivity index (χ2n) is 6.94. The smallest absolute Gasteiger partial charge is 0.339 e. The first kappa shape index (κ1) is 19.4. The van der Waals surface area contributed by atoms with Crippen molar-refractivity contribution in [2.75, 3.05) is 4.90 Å². The number of aromatic carboxylic acids is 1. The Morgan fingerprint density at radius 2 is 1.93 bits per heavy atom. The number of halogens is 1. The molecule has 1 aromatic carbocycles. The number of amides is 1. The Balaban J connectivity index is 1.83. The number of carbonyl (C=O) groups excluding carboxylic acids is 1. The van der Waals surface area contributed by atoms with E-state index in [2.05, 4.69) is 15.0 Å².